The van der Waals surface area contributed by atoms with Crippen LogP contribution in [0.3, 0.4) is 0 Å². The van der Waals surface area contributed by atoms with E-state index >= 15 is 4.39 Å². The maximum Gasteiger partial charge on any atom is 0.201 e. The summed E-state index contributed by atoms with van der Waals surface area (Å²) >= 11 is 0. The summed E-state index contributed by atoms with van der Waals surface area (Å²) in [6.45, 7) is 5.21. The zero-order valence-electron chi connectivity index (χ0n) is 21.2. The minimum Gasteiger partial charge on any atom is -0.490 e. The number of benzene rings is 3. The minimum atomic E-state index is -0.984. The molecule has 3 aromatic rings. The molecular formula is C31H35F3O2. The van der Waals surface area contributed by atoms with Crippen molar-refractivity contribution in [3.63, 3.8) is 0 Å². The predicted molar refractivity (Wildman–Crippen MR) is 139 cm³/mol. The monoisotopic (exact) mass is 496 g/mol. The van der Waals surface area contributed by atoms with Gasteiger partial charge in [-0.25, -0.2) is 8.78 Å². The van der Waals surface area contributed by atoms with Gasteiger partial charge in [-0.3, -0.25) is 0 Å². The van der Waals surface area contributed by atoms with Gasteiger partial charge in [0.15, 0.2) is 11.6 Å². The molecule has 0 bridgehead atoms. The number of hydrogen-bond donors (Lipinski definition) is 0. The molecule has 0 aromatic heterocycles. The average Bonchev–Trinajstić information content (AvgIpc) is 2.90. The van der Waals surface area contributed by atoms with E-state index in [1.807, 2.05) is 6.07 Å². The van der Waals surface area contributed by atoms with Crippen LogP contribution in [0, 0.1) is 17.5 Å². The van der Waals surface area contributed by atoms with Crippen molar-refractivity contribution in [2.75, 3.05) is 13.2 Å². The molecular weight excluding hydrogens is 461 g/mol. The molecule has 36 heavy (non-hydrogen) atoms. The Balaban J connectivity index is 1.45. The Morgan fingerprint density at radius 2 is 1.53 bits per heavy atom. The number of hydrogen-bond acceptors (Lipinski definition) is 2. The van der Waals surface area contributed by atoms with Gasteiger partial charge in [-0.15, -0.1) is 0 Å². The maximum atomic E-state index is 15.1. The lowest BCUT2D eigenvalue weighted by atomic mass is 9.89. The fourth-order valence-electron chi connectivity index (χ4n) is 4.87. The van der Waals surface area contributed by atoms with Crippen molar-refractivity contribution in [2.45, 2.75) is 70.8 Å². The van der Waals surface area contributed by atoms with Crippen molar-refractivity contribution in [1.82, 2.24) is 0 Å². The molecule has 1 saturated heterocycles. The van der Waals surface area contributed by atoms with E-state index in [0.717, 1.165) is 50.5 Å². The standard InChI is InChI=1S/C31H35F3O2/c1-3-5-6-18-35-29-17-16-27(30(33)31(29)34)22-10-8-21(9-11-22)26-15-13-23(19-28(26)32)24-12-14-25(7-4-2)36-20-24/h8-11,13,15-17,19,24-25H,3-7,12,14,18,20H2,1-2H3. The summed E-state index contributed by atoms with van der Waals surface area (Å²) < 4.78 is 55.7. The van der Waals surface area contributed by atoms with Gasteiger partial charge in [0.2, 0.25) is 5.82 Å². The van der Waals surface area contributed by atoms with Crippen LogP contribution < -0.4 is 4.74 Å². The second-order valence-electron chi connectivity index (χ2n) is 9.63. The maximum absolute atomic E-state index is 15.1. The largest absolute Gasteiger partial charge is 0.490 e. The molecule has 1 aliphatic heterocycles. The Hall–Kier alpha value is -2.79. The Kier molecular flexibility index (Phi) is 9.08. The summed E-state index contributed by atoms with van der Waals surface area (Å²) in [5.74, 6) is -2.09. The lowest BCUT2D eigenvalue weighted by Gasteiger charge is -2.29. The number of halogens is 3. The lowest BCUT2D eigenvalue weighted by molar-refractivity contribution is -0.00115. The lowest BCUT2D eigenvalue weighted by Crippen LogP contribution is -2.24. The Bertz CT molecular complexity index is 1140. The van der Waals surface area contributed by atoms with E-state index in [-0.39, 0.29) is 23.0 Å². The van der Waals surface area contributed by atoms with Gasteiger partial charge in [0.1, 0.15) is 5.82 Å². The van der Waals surface area contributed by atoms with Crippen molar-refractivity contribution in [3.05, 3.63) is 77.6 Å². The minimum absolute atomic E-state index is 0.0737. The highest BCUT2D eigenvalue weighted by Crippen LogP contribution is 2.34. The van der Waals surface area contributed by atoms with Crippen molar-refractivity contribution >= 4 is 0 Å². The Labute approximate surface area is 212 Å². The molecule has 5 heteroatoms. The van der Waals surface area contributed by atoms with E-state index in [4.69, 9.17) is 9.47 Å². The van der Waals surface area contributed by atoms with E-state index in [1.54, 1.807) is 36.4 Å². The smallest absolute Gasteiger partial charge is 0.201 e. The second kappa shape index (κ2) is 12.4. The number of rotatable bonds is 10. The van der Waals surface area contributed by atoms with Gasteiger partial charge in [0.25, 0.3) is 0 Å². The van der Waals surface area contributed by atoms with Gasteiger partial charge >= 0.3 is 0 Å². The molecule has 4 rings (SSSR count). The molecule has 0 saturated carbocycles. The molecule has 0 N–H and O–H groups in total. The molecule has 0 amide bonds. The van der Waals surface area contributed by atoms with Gasteiger partial charge in [-0.1, -0.05) is 69.5 Å². The molecule has 0 radical (unpaired) electrons. The first-order chi connectivity index (χ1) is 17.5. The quantitative estimate of drug-likeness (QED) is 0.261. The van der Waals surface area contributed by atoms with Gasteiger partial charge in [-0.05, 0) is 60.6 Å². The van der Waals surface area contributed by atoms with E-state index in [9.17, 15) is 8.78 Å². The highest BCUT2D eigenvalue weighted by molar-refractivity contribution is 5.71. The van der Waals surface area contributed by atoms with Gasteiger partial charge in [0.05, 0.1) is 19.3 Å². The van der Waals surface area contributed by atoms with Crippen LogP contribution in [0.25, 0.3) is 22.3 Å². The highest BCUT2D eigenvalue weighted by atomic mass is 19.2. The zero-order chi connectivity index (χ0) is 25.5. The molecule has 2 unspecified atom stereocenters. The van der Waals surface area contributed by atoms with Crippen molar-refractivity contribution in [2.24, 2.45) is 0 Å². The highest BCUT2D eigenvalue weighted by Gasteiger charge is 2.23. The van der Waals surface area contributed by atoms with Crippen molar-refractivity contribution in [1.29, 1.82) is 0 Å². The summed E-state index contributed by atoms with van der Waals surface area (Å²) in [5, 5.41) is 0. The normalized spacial score (nSPS) is 17.8. The van der Waals surface area contributed by atoms with Crippen LogP contribution >= 0.6 is 0 Å². The third-order valence-electron chi connectivity index (χ3n) is 7.00. The Morgan fingerprint density at radius 3 is 2.17 bits per heavy atom. The summed E-state index contributed by atoms with van der Waals surface area (Å²) in [4.78, 5) is 0. The first-order valence-corrected chi connectivity index (χ1v) is 13.1. The topological polar surface area (TPSA) is 18.5 Å². The summed E-state index contributed by atoms with van der Waals surface area (Å²) in [6.07, 6.45) is 7.31. The summed E-state index contributed by atoms with van der Waals surface area (Å²) in [6, 6.07) is 15.2. The number of ether oxygens (including phenoxy) is 2. The molecule has 192 valence electrons. The molecule has 1 heterocycles. The van der Waals surface area contributed by atoms with E-state index in [0.29, 0.717) is 36.0 Å². The predicted octanol–water partition coefficient (Wildman–Crippen LogP) is 9.07. The van der Waals surface area contributed by atoms with Crippen LogP contribution in [-0.4, -0.2) is 19.3 Å². The average molecular weight is 497 g/mol. The van der Waals surface area contributed by atoms with Crippen LogP contribution in [0.4, 0.5) is 13.2 Å². The molecule has 3 aromatic carbocycles. The molecule has 1 aliphatic rings. The Morgan fingerprint density at radius 1 is 0.806 bits per heavy atom. The summed E-state index contributed by atoms with van der Waals surface area (Å²) in [7, 11) is 0. The van der Waals surface area contributed by atoms with Crippen molar-refractivity contribution in [3.8, 4) is 28.0 Å². The second-order valence-corrected chi connectivity index (χ2v) is 9.63. The van der Waals surface area contributed by atoms with Gasteiger partial charge in [0, 0.05) is 17.0 Å². The van der Waals surface area contributed by atoms with E-state index in [2.05, 4.69) is 13.8 Å². The zero-order valence-corrected chi connectivity index (χ0v) is 21.2. The third kappa shape index (κ3) is 6.12. The van der Waals surface area contributed by atoms with Crippen LogP contribution in [0.5, 0.6) is 5.75 Å². The first kappa shape index (κ1) is 26.3. The molecule has 0 aliphatic carbocycles. The SMILES string of the molecule is CCCCCOc1ccc(-c2ccc(-c3ccc(C4CCC(CCC)OC4)cc3F)cc2)c(F)c1F. The molecule has 2 atom stereocenters. The van der Waals surface area contributed by atoms with Gasteiger partial charge in [-0.2, -0.15) is 4.39 Å². The first-order valence-electron chi connectivity index (χ1n) is 13.1. The summed E-state index contributed by atoms with van der Waals surface area (Å²) in [5.41, 5.74) is 2.79. The third-order valence-corrected chi connectivity index (χ3v) is 7.00. The van der Waals surface area contributed by atoms with E-state index in [1.165, 1.54) is 12.1 Å². The fraction of sp³-hybridized carbons (Fsp3) is 0.419. The van der Waals surface area contributed by atoms with E-state index < -0.39 is 11.6 Å². The molecule has 2 nitrogen and oxygen atoms in total. The van der Waals surface area contributed by atoms with Crippen LogP contribution in [0.1, 0.15) is 70.3 Å². The molecule has 1 fully saturated rings. The number of unbranched alkanes of at least 4 members (excludes halogenated alkanes) is 2. The fourth-order valence-corrected chi connectivity index (χ4v) is 4.87. The van der Waals surface area contributed by atoms with Crippen molar-refractivity contribution < 1.29 is 22.6 Å². The van der Waals surface area contributed by atoms with Gasteiger partial charge < -0.3 is 9.47 Å². The molecule has 0 spiro atoms. The van der Waals surface area contributed by atoms with Crippen LogP contribution in [0.15, 0.2) is 54.6 Å². The van der Waals surface area contributed by atoms with Crippen LogP contribution in [0.2, 0.25) is 0 Å². The van der Waals surface area contributed by atoms with Crippen LogP contribution in [-0.2, 0) is 4.74 Å².